The zero-order chi connectivity index (χ0) is 41.4. The maximum atomic E-state index is 8.97. The Morgan fingerprint density at radius 1 is 0.446 bits per heavy atom. The molecule has 0 aliphatic carbocycles. The Labute approximate surface area is 329 Å². The highest BCUT2D eigenvalue weighted by atomic mass is 16.3. The normalized spacial score (nSPS) is 12.8. The topological polar surface area (TPSA) is 56.7 Å². The minimum atomic E-state index is -0.458. The molecule has 0 N–H and O–H groups in total. The monoisotopic (exact) mass is 721 g/mol. The summed E-state index contributed by atoms with van der Waals surface area (Å²) in [5.41, 5.74) is 8.41. The first kappa shape index (κ1) is 27.0. The highest BCUT2D eigenvalue weighted by Crippen LogP contribution is 2.43. The first-order valence-electron chi connectivity index (χ1n) is 20.9. The molecule has 11 aromatic rings. The van der Waals surface area contributed by atoms with Crippen molar-refractivity contribution in [3.8, 4) is 62.1 Å². The summed E-state index contributed by atoms with van der Waals surface area (Å²) in [7, 11) is 0. The minimum Gasteiger partial charge on any atom is -0.455 e. The van der Waals surface area contributed by atoms with Crippen LogP contribution in [0.4, 0.5) is 0 Å². The standard InChI is InChI=1S/C51H32N4O/c1-5-17-33(18-6-1)36-31-42(34-19-7-2-8-20-34)48-43(32-36)46-40(27-16-30-45(46)56-48)50-52-49(35-21-9-3-10-22-35)53-51(54-50)41-28-15-26-39-38-25-13-14-29-44(38)55(47(39)41)37-23-11-4-12-24-37/h1-32H/i2D,7D,8D,19D,20D. The molecule has 0 bridgehead atoms. The molecule has 11 rings (SSSR count). The molecule has 0 atom stereocenters. The van der Waals surface area contributed by atoms with Crippen LogP contribution in [-0.4, -0.2) is 19.5 Å². The molecule has 0 radical (unpaired) electrons. The Bertz CT molecular complexity index is 3500. The van der Waals surface area contributed by atoms with Crippen LogP contribution in [0.15, 0.2) is 198 Å². The molecular formula is C51H32N4O. The summed E-state index contributed by atoms with van der Waals surface area (Å²) < 4.78 is 52.2. The minimum absolute atomic E-state index is 0.0603. The van der Waals surface area contributed by atoms with Gasteiger partial charge in [0.15, 0.2) is 17.5 Å². The fraction of sp³-hybridized carbons (Fsp3) is 0. The molecule has 0 aliphatic heterocycles. The van der Waals surface area contributed by atoms with Gasteiger partial charge in [-0.1, -0.05) is 152 Å². The molecule has 262 valence electrons. The number of benzene rings is 8. The predicted octanol–water partition coefficient (Wildman–Crippen LogP) is 13.2. The number of hydrogen-bond acceptors (Lipinski definition) is 4. The number of furan rings is 1. The van der Waals surface area contributed by atoms with Crippen molar-refractivity contribution in [3.05, 3.63) is 194 Å². The van der Waals surface area contributed by atoms with Gasteiger partial charge in [-0.25, -0.2) is 15.0 Å². The van der Waals surface area contributed by atoms with Crippen molar-refractivity contribution in [1.82, 2.24) is 19.5 Å². The van der Waals surface area contributed by atoms with Gasteiger partial charge in [0, 0.05) is 49.5 Å². The van der Waals surface area contributed by atoms with Gasteiger partial charge in [-0.15, -0.1) is 0 Å². The van der Waals surface area contributed by atoms with Crippen LogP contribution in [0.2, 0.25) is 0 Å². The van der Waals surface area contributed by atoms with Crippen LogP contribution in [-0.2, 0) is 0 Å². The van der Waals surface area contributed by atoms with Crippen LogP contribution in [0.1, 0.15) is 6.85 Å². The van der Waals surface area contributed by atoms with E-state index in [1.54, 1.807) is 0 Å². The third-order valence-corrected chi connectivity index (χ3v) is 10.3. The van der Waals surface area contributed by atoms with E-state index in [-0.39, 0.29) is 17.6 Å². The van der Waals surface area contributed by atoms with E-state index in [4.69, 9.17) is 26.2 Å². The van der Waals surface area contributed by atoms with Gasteiger partial charge in [0.05, 0.1) is 17.9 Å². The smallest absolute Gasteiger partial charge is 0.166 e. The second-order valence-corrected chi connectivity index (χ2v) is 13.6. The van der Waals surface area contributed by atoms with E-state index in [9.17, 15) is 0 Å². The Morgan fingerprint density at radius 2 is 1.07 bits per heavy atom. The van der Waals surface area contributed by atoms with E-state index < -0.39 is 18.1 Å². The number of fused-ring (bicyclic) bond motifs is 6. The molecule has 3 heterocycles. The number of hydrogen-bond donors (Lipinski definition) is 0. The van der Waals surface area contributed by atoms with E-state index in [1.807, 2.05) is 115 Å². The van der Waals surface area contributed by atoms with E-state index in [0.29, 0.717) is 45.2 Å². The molecule has 0 spiro atoms. The van der Waals surface area contributed by atoms with Gasteiger partial charge in [-0.3, -0.25) is 0 Å². The lowest BCUT2D eigenvalue weighted by molar-refractivity contribution is 0.670. The summed E-state index contributed by atoms with van der Waals surface area (Å²) in [6, 6.07) is 52.2. The van der Waals surface area contributed by atoms with Gasteiger partial charge in [-0.2, -0.15) is 0 Å². The van der Waals surface area contributed by atoms with Crippen LogP contribution in [0, 0.1) is 0 Å². The Kier molecular flexibility index (Phi) is 6.29. The van der Waals surface area contributed by atoms with Crippen molar-refractivity contribution in [2.45, 2.75) is 0 Å². The summed E-state index contributed by atoms with van der Waals surface area (Å²) in [5, 5.41) is 3.58. The lowest BCUT2D eigenvalue weighted by atomic mass is 9.95. The van der Waals surface area contributed by atoms with Crippen LogP contribution in [0.25, 0.3) is 106 Å². The third kappa shape index (κ3) is 5.21. The molecule has 5 nitrogen and oxygen atoms in total. The van der Waals surface area contributed by atoms with Gasteiger partial charge in [0.25, 0.3) is 0 Å². The van der Waals surface area contributed by atoms with Gasteiger partial charge in [0.2, 0.25) is 0 Å². The maximum absolute atomic E-state index is 8.97. The van der Waals surface area contributed by atoms with E-state index >= 15 is 0 Å². The molecule has 8 aromatic carbocycles. The summed E-state index contributed by atoms with van der Waals surface area (Å²) in [6.45, 7) is 0. The van der Waals surface area contributed by atoms with Crippen LogP contribution in [0.3, 0.4) is 0 Å². The van der Waals surface area contributed by atoms with E-state index in [1.165, 1.54) is 0 Å². The lowest BCUT2D eigenvalue weighted by Gasteiger charge is -2.13. The molecule has 0 fully saturated rings. The van der Waals surface area contributed by atoms with Gasteiger partial charge in [0.1, 0.15) is 11.2 Å². The second-order valence-electron chi connectivity index (χ2n) is 13.6. The Morgan fingerprint density at radius 3 is 1.86 bits per heavy atom. The van der Waals surface area contributed by atoms with Gasteiger partial charge in [-0.05, 0) is 59.2 Å². The summed E-state index contributed by atoms with van der Waals surface area (Å²) in [5.74, 6) is 1.41. The SMILES string of the molecule is [2H]c1c([2H])c([2H])c(-c2cc(-c3ccccc3)cc3c2oc2cccc(-c4nc(-c5ccccc5)nc(-c5cccc6c7ccccc7n(-c7ccccc7)c56)n4)c23)c([2H])c1[2H]. The average Bonchev–Trinajstić information content (AvgIpc) is 3.87. The highest BCUT2D eigenvalue weighted by Gasteiger charge is 2.23. The van der Waals surface area contributed by atoms with Gasteiger partial charge >= 0.3 is 0 Å². The van der Waals surface area contributed by atoms with Crippen molar-refractivity contribution in [2.75, 3.05) is 0 Å². The fourth-order valence-corrected chi connectivity index (χ4v) is 7.86. The number of para-hydroxylation sites is 3. The van der Waals surface area contributed by atoms with Crippen molar-refractivity contribution in [1.29, 1.82) is 0 Å². The summed E-state index contributed by atoms with van der Waals surface area (Å²) in [6.07, 6.45) is 0. The Hall–Kier alpha value is -7.63. The van der Waals surface area contributed by atoms with Crippen LogP contribution in [0.5, 0.6) is 0 Å². The van der Waals surface area contributed by atoms with Crippen molar-refractivity contribution < 1.29 is 11.3 Å². The van der Waals surface area contributed by atoms with E-state index in [0.717, 1.165) is 55.1 Å². The predicted molar refractivity (Wildman–Crippen MR) is 229 cm³/mol. The number of nitrogens with zero attached hydrogens (tertiary/aromatic N) is 4. The van der Waals surface area contributed by atoms with Gasteiger partial charge < -0.3 is 8.98 Å². The second kappa shape index (κ2) is 13.0. The summed E-state index contributed by atoms with van der Waals surface area (Å²) >= 11 is 0. The molecule has 0 saturated carbocycles. The molecule has 0 unspecified atom stereocenters. The molecule has 56 heavy (non-hydrogen) atoms. The number of aromatic nitrogens is 4. The summed E-state index contributed by atoms with van der Waals surface area (Å²) in [4.78, 5) is 15.6. The van der Waals surface area contributed by atoms with Crippen molar-refractivity contribution in [3.63, 3.8) is 0 Å². The number of rotatable bonds is 6. The maximum Gasteiger partial charge on any atom is 0.166 e. The fourth-order valence-electron chi connectivity index (χ4n) is 7.86. The van der Waals surface area contributed by atoms with E-state index in [2.05, 4.69) is 53.1 Å². The van der Waals surface area contributed by atoms with Crippen LogP contribution < -0.4 is 0 Å². The van der Waals surface area contributed by atoms with Crippen molar-refractivity contribution >= 4 is 43.7 Å². The molecular weight excluding hydrogens is 685 g/mol. The third-order valence-electron chi connectivity index (χ3n) is 10.3. The largest absolute Gasteiger partial charge is 0.455 e. The highest BCUT2D eigenvalue weighted by molar-refractivity contribution is 6.17. The zero-order valence-corrected chi connectivity index (χ0v) is 29.8. The molecule has 0 aliphatic rings. The quantitative estimate of drug-likeness (QED) is 0.172. The van der Waals surface area contributed by atoms with Crippen molar-refractivity contribution in [2.24, 2.45) is 0 Å². The van der Waals surface area contributed by atoms with Crippen LogP contribution >= 0.6 is 0 Å². The molecule has 5 heteroatoms. The zero-order valence-electron chi connectivity index (χ0n) is 34.8. The average molecular weight is 722 g/mol. The molecule has 0 amide bonds. The Balaban J connectivity index is 1.23. The molecule has 0 saturated heterocycles. The lowest BCUT2D eigenvalue weighted by Crippen LogP contribution is -2.02. The molecule has 3 aromatic heterocycles. The first-order valence-corrected chi connectivity index (χ1v) is 18.4. The first-order chi connectivity index (χ1) is 29.9.